The summed E-state index contributed by atoms with van der Waals surface area (Å²) in [7, 11) is 1.93. The van der Waals surface area contributed by atoms with Gasteiger partial charge in [0.1, 0.15) is 0 Å². The Morgan fingerprint density at radius 2 is 1.72 bits per heavy atom. The van der Waals surface area contributed by atoms with Crippen LogP contribution in [0, 0.1) is 11.8 Å². The molecular weight excluding hydrogens is 477 g/mol. The van der Waals surface area contributed by atoms with Crippen LogP contribution in [0.15, 0.2) is 23.5 Å². The highest BCUT2D eigenvalue weighted by molar-refractivity contribution is 14.0. The Balaban J connectivity index is 0.00000240. The van der Waals surface area contributed by atoms with Crippen LogP contribution in [0.4, 0.5) is 5.95 Å². The molecule has 3 aliphatic rings. The summed E-state index contributed by atoms with van der Waals surface area (Å²) in [6, 6.07) is 1.87. The number of anilines is 1. The van der Waals surface area contributed by atoms with Gasteiger partial charge in [0.2, 0.25) is 5.95 Å². The van der Waals surface area contributed by atoms with Crippen LogP contribution in [-0.4, -0.2) is 85.1 Å². The van der Waals surface area contributed by atoms with Gasteiger partial charge in [0.05, 0.1) is 0 Å². The Labute approximate surface area is 192 Å². The number of nitrogens with zero attached hydrogens (tertiary/aromatic N) is 6. The Morgan fingerprint density at radius 1 is 1.07 bits per heavy atom. The predicted molar refractivity (Wildman–Crippen MR) is 129 cm³/mol. The molecule has 3 fully saturated rings. The second-order valence-corrected chi connectivity index (χ2v) is 8.41. The molecule has 2 aliphatic heterocycles. The number of aliphatic imine (C=N–C) groups is 1. The lowest BCUT2D eigenvalue weighted by atomic mass is 9.82. The highest BCUT2D eigenvalue weighted by Crippen LogP contribution is 2.35. The van der Waals surface area contributed by atoms with Gasteiger partial charge in [-0.2, -0.15) is 0 Å². The second-order valence-electron chi connectivity index (χ2n) is 8.41. The number of likely N-dealkylation sites (tertiary alicyclic amines) is 1. The summed E-state index contributed by atoms with van der Waals surface area (Å²) < 4.78 is 0. The smallest absolute Gasteiger partial charge is 0.225 e. The molecule has 1 aliphatic carbocycles. The fraction of sp³-hybridized carbons (Fsp3) is 0.762. The lowest BCUT2D eigenvalue weighted by Crippen LogP contribution is -2.47. The van der Waals surface area contributed by atoms with Gasteiger partial charge in [0.15, 0.2) is 5.96 Å². The molecule has 29 heavy (non-hydrogen) atoms. The summed E-state index contributed by atoms with van der Waals surface area (Å²) >= 11 is 0. The van der Waals surface area contributed by atoms with Crippen molar-refractivity contribution in [2.45, 2.75) is 32.1 Å². The molecule has 0 spiro atoms. The van der Waals surface area contributed by atoms with Crippen LogP contribution >= 0.6 is 24.0 Å². The standard InChI is InChI=1S/C21H35N7.HI/c1-22-20(28-16-18-6-2-3-7-19(18)17-28)23-10-5-11-26-12-14-27(15-13-26)21-24-8-4-9-25-21;/h4,8-9,18-19H,2-3,5-7,10-17H2,1H3,(H,22,23);1H. The summed E-state index contributed by atoms with van der Waals surface area (Å²) in [5.41, 5.74) is 0. The van der Waals surface area contributed by atoms with E-state index < -0.39 is 0 Å². The molecule has 162 valence electrons. The van der Waals surface area contributed by atoms with Crippen molar-refractivity contribution in [3.63, 3.8) is 0 Å². The molecule has 7 nitrogen and oxygen atoms in total. The largest absolute Gasteiger partial charge is 0.356 e. The third-order valence-corrected chi connectivity index (χ3v) is 6.63. The van der Waals surface area contributed by atoms with Crippen molar-refractivity contribution in [2.75, 3.05) is 64.3 Å². The van der Waals surface area contributed by atoms with Crippen molar-refractivity contribution in [3.8, 4) is 0 Å². The Hall–Kier alpha value is -1.16. The van der Waals surface area contributed by atoms with Crippen molar-refractivity contribution in [1.82, 2.24) is 25.1 Å². The monoisotopic (exact) mass is 513 g/mol. The van der Waals surface area contributed by atoms with Gasteiger partial charge in [0.25, 0.3) is 0 Å². The maximum Gasteiger partial charge on any atom is 0.225 e. The van der Waals surface area contributed by atoms with Crippen LogP contribution in [0.5, 0.6) is 0 Å². The first-order valence-electron chi connectivity index (χ1n) is 11.0. The highest BCUT2D eigenvalue weighted by Gasteiger charge is 2.35. The van der Waals surface area contributed by atoms with Gasteiger partial charge in [-0.25, -0.2) is 9.97 Å². The average molecular weight is 513 g/mol. The van der Waals surface area contributed by atoms with Gasteiger partial charge >= 0.3 is 0 Å². The molecule has 0 bridgehead atoms. The zero-order valence-electron chi connectivity index (χ0n) is 17.7. The topological polar surface area (TPSA) is 59.9 Å². The van der Waals surface area contributed by atoms with Gasteiger partial charge in [-0.3, -0.25) is 9.89 Å². The van der Waals surface area contributed by atoms with E-state index in [-0.39, 0.29) is 24.0 Å². The first-order valence-corrected chi connectivity index (χ1v) is 11.0. The van der Waals surface area contributed by atoms with Crippen LogP contribution in [0.3, 0.4) is 0 Å². The third kappa shape index (κ3) is 5.93. The molecule has 1 N–H and O–H groups in total. The fourth-order valence-corrected chi connectivity index (χ4v) is 5.04. The van der Waals surface area contributed by atoms with E-state index >= 15 is 0 Å². The fourth-order valence-electron chi connectivity index (χ4n) is 5.04. The van der Waals surface area contributed by atoms with Crippen LogP contribution in [-0.2, 0) is 0 Å². The summed E-state index contributed by atoms with van der Waals surface area (Å²) in [5.74, 6) is 3.77. The number of nitrogens with one attached hydrogen (secondary N) is 1. The molecule has 0 aromatic carbocycles. The minimum atomic E-state index is 0. The van der Waals surface area contributed by atoms with Crippen LogP contribution in [0.2, 0.25) is 0 Å². The Morgan fingerprint density at radius 3 is 2.34 bits per heavy atom. The number of halogens is 1. The molecule has 0 amide bonds. The van der Waals surface area contributed by atoms with Crippen molar-refractivity contribution < 1.29 is 0 Å². The number of guanidine groups is 1. The Bertz CT molecular complexity index is 619. The molecule has 1 aromatic heterocycles. The van der Waals surface area contributed by atoms with Gasteiger partial charge in [-0.1, -0.05) is 12.8 Å². The molecular formula is C21H36IN7. The molecule has 1 aromatic rings. The predicted octanol–water partition coefficient (Wildman–Crippen LogP) is 2.30. The zero-order valence-corrected chi connectivity index (χ0v) is 20.0. The number of piperazine rings is 1. The number of fused-ring (bicyclic) bond motifs is 1. The number of rotatable bonds is 5. The summed E-state index contributed by atoms with van der Waals surface area (Å²) in [5, 5.41) is 3.61. The van der Waals surface area contributed by atoms with Crippen molar-refractivity contribution in [1.29, 1.82) is 0 Å². The van der Waals surface area contributed by atoms with E-state index in [1.807, 2.05) is 25.5 Å². The summed E-state index contributed by atoms with van der Waals surface area (Å²) in [6.45, 7) is 8.73. The molecule has 3 heterocycles. The van der Waals surface area contributed by atoms with Gasteiger partial charge < -0.3 is 15.1 Å². The minimum Gasteiger partial charge on any atom is -0.356 e. The minimum absolute atomic E-state index is 0. The van der Waals surface area contributed by atoms with Gasteiger partial charge in [-0.15, -0.1) is 24.0 Å². The third-order valence-electron chi connectivity index (χ3n) is 6.63. The van der Waals surface area contributed by atoms with E-state index in [0.29, 0.717) is 0 Å². The lowest BCUT2D eigenvalue weighted by molar-refractivity contribution is 0.254. The summed E-state index contributed by atoms with van der Waals surface area (Å²) in [6.07, 6.45) is 10.5. The van der Waals surface area contributed by atoms with Crippen molar-refractivity contribution >= 4 is 35.9 Å². The van der Waals surface area contributed by atoms with E-state index in [4.69, 9.17) is 0 Å². The molecule has 1 saturated carbocycles. The first-order chi connectivity index (χ1) is 13.8. The maximum absolute atomic E-state index is 4.55. The molecule has 4 rings (SSSR count). The van der Waals surface area contributed by atoms with Gasteiger partial charge in [-0.05, 0) is 43.7 Å². The van der Waals surface area contributed by atoms with Crippen molar-refractivity contribution in [2.24, 2.45) is 16.8 Å². The number of aromatic nitrogens is 2. The molecule has 2 atom stereocenters. The molecule has 0 radical (unpaired) electrons. The zero-order chi connectivity index (χ0) is 19.2. The summed E-state index contributed by atoms with van der Waals surface area (Å²) in [4.78, 5) is 20.6. The Kier molecular flexibility index (Phi) is 8.77. The maximum atomic E-state index is 4.55. The number of hydrogen-bond donors (Lipinski definition) is 1. The normalized spacial score (nSPS) is 25.5. The average Bonchev–Trinajstić information content (AvgIpc) is 3.19. The van der Waals surface area contributed by atoms with E-state index in [1.165, 1.54) is 38.8 Å². The highest BCUT2D eigenvalue weighted by atomic mass is 127. The first kappa shape index (κ1) is 22.5. The van der Waals surface area contributed by atoms with E-state index in [9.17, 15) is 0 Å². The quantitative estimate of drug-likeness (QED) is 0.282. The van der Waals surface area contributed by atoms with Crippen LogP contribution < -0.4 is 10.2 Å². The molecule has 2 saturated heterocycles. The molecule has 2 unspecified atom stereocenters. The van der Waals surface area contributed by atoms with E-state index in [2.05, 4.69) is 35.0 Å². The lowest BCUT2D eigenvalue weighted by Gasteiger charge is -2.34. The van der Waals surface area contributed by atoms with Crippen molar-refractivity contribution in [3.05, 3.63) is 18.5 Å². The SMILES string of the molecule is CN=C(NCCCN1CCN(c2ncccn2)CC1)N1CC2CCCCC2C1.I. The van der Waals surface area contributed by atoms with Gasteiger partial charge in [0, 0.05) is 65.3 Å². The second kappa shape index (κ2) is 11.3. The van der Waals surface area contributed by atoms with E-state index in [0.717, 1.165) is 69.4 Å². The molecule has 8 heteroatoms. The van der Waals surface area contributed by atoms with E-state index in [1.54, 1.807) is 0 Å². The van der Waals surface area contributed by atoms with Crippen LogP contribution in [0.1, 0.15) is 32.1 Å². The van der Waals surface area contributed by atoms with Crippen LogP contribution in [0.25, 0.3) is 0 Å². The number of hydrogen-bond acceptors (Lipinski definition) is 5.